The van der Waals surface area contributed by atoms with Gasteiger partial charge in [-0.25, -0.2) is 0 Å². The van der Waals surface area contributed by atoms with E-state index in [0.29, 0.717) is 6.61 Å². The Kier molecular flexibility index (Phi) is 9.37. The molecular weight excluding hydrogens is 465 g/mol. The van der Waals surface area contributed by atoms with Gasteiger partial charge in [-0.2, -0.15) is 0 Å². The van der Waals surface area contributed by atoms with E-state index in [1.54, 1.807) is 18.2 Å². The number of hydrogen-bond acceptors (Lipinski definition) is 5. The van der Waals surface area contributed by atoms with Crippen LogP contribution in [0.1, 0.15) is 50.7 Å². The Morgan fingerprint density at radius 1 is 0.971 bits per heavy atom. The second-order valence-corrected chi connectivity index (χ2v) is 10.5. The number of ether oxygens (including phenoxy) is 1. The molecule has 1 fully saturated rings. The molecule has 1 saturated heterocycles. The van der Waals surface area contributed by atoms with Crippen LogP contribution in [0, 0.1) is 5.92 Å². The third-order valence-corrected chi connectivity index (χ3v) is 8.27. The number of aromatic carboxylic acids is 1. The normalized spacial score (nSPS) is 17.9. The molecule has 2 heterocycles. The summed E-state index contributed by atoms with van der Waals surface area (Å²) in [6, 6.07) is 24.2. The number of carboxylic acids is 1. The zero-order valence-corrected chi connectivity index (χ0v) is 23.1. The summed E-state index contributed by atoms with van der Waals surface area (Å²) in [5, 5.41) is 11.6. The third kappa shape index (κ3) is 6.52. The Hall–Kier alpha value is -1.76. The first kappa shape index (κ1) is 26.3. The zero-order chi connectivity index (χ0) is 23.3. The van der Waals surface area contributed by atoms with Gasteiger partial charge in [0, 0.05) is 17.9 Å². The summed E-state index contributed by atoms with van der Waals surface area (Å²) in [5.74, 6) is 1.37. The van der Waals surface area contributed by atoms with Crippen LogP contribution in [-0.4, -0.2) is 36.3 Å². The molecule has 0 radical (unpaired) electrons. The van der Waals surface area contributed by atoms with E-state index in [0.717, 1.165) is 48.2 Å². The molecule has 4 nitrogen and oxygen atoms in total. The summed E-state index contributed by atoms with van der Waals surface area (Å²) in [4.78, 5) is 14.1. The van der Waals surface area contributed by atoms with Crippen molar-refractivity contribution in [3.8, 4) is 5.75 Å². The van der Waals surface area contributed by atoms with Crippen LogP contribution in [-0.2, 0) is 13.0 Å². The Bertz CT molecular complexity index is 1130. The van der Waals surface area contributed by atoms with Crippen LogP contribution in [0.25, 0.3) is 0 Å². The van der Waals surface area contributed by atoms with Gasteiger partial charge in [0.15, 0.2) is 0 Å². The second-order valence-electron chi connectivity index (χ2n) is 9.25. The van der Waals surface area contributed by atoms with E-state index in [4.69, 9.17) is 4.74 Å². The van der Waals surface area contributed by atoms with Gasteiger partial charge in [-0.1, -0.05) is 54.6 Å². The van der Waals surface area contributed by atoms with Gasteiger partial charge >= 0.3 is 29.6 Å². The van der Waals surface area contributed by atoms with E-state index in [2.05, 4.69) is 53.4 Å². The molecule has 0 aliphatic carbocycles. The molecule has 0 spiro atoms. The smallest absolute Gasteiger partial charge is 0.545 e. The van der Waals surface area contributed by atoms with Crippen molar-refractivity contribution in [3.05, 3.63) is 101 Å². The van der Waals surface area contributed by atoms with Crippen LogP contribution in [0.4, 0.5) is 0 Å². The monoisotopic (exact) mass is 495 g/mol. The van der Waals surface area contributed by atoms with Crippen LogP contribution in [0.15, 0.2) is 72.8 Å². The molecule has 2 aliphatic heterocycles. The number of carboxylic acid groups (broad SMARTS) is 1. The molecule has 0 saturated carbocycles. The van der Waals surface area contributed by atoms with Crippen molar-refractivity contribution in [3.63, 3.8) is 0 Å². The molecule has 0 N–H and O–H groups in total. The molecule has 35 heavy (non-hydrogen) atoms. The van der Waals surface area contributed by atoms with Crippen molar-refractivity contribution in [1.82, 2.24) is 4.90 Å². The zero-order valence-electron chi connectivity index (χ0n) is 20.3. The van der Waals surface area contributed by atoms with Crippen molar-refractivity contribution in [2.45, 2.75) is 31.1 Å². The average molecular weight is 496 g/mol. The average Bonchev–Trinajstić information content (AvgIpc) is 3.02. The van der Waals surface area contributed by atoms with Crippen LogP contribution < -0.4 is 39.4 Å². The van der Waals surface area contributed by atoms with Gasteiger partial charge in [-0.3, -0.25) is 0 Å². The quantitative estimate of drug-likeness (QED) is 0.468. The molecular formula is C29H30NNaO3S. The molecule has 3 aromatic carbocycles. The Morgan fingerprint density at radius 3 is 2.49 bits per heavy atom. The molecule has 176 valence electrons. The summed E-state index contributed by atoms with van der Waals surface area (Å²) in [6.45, 7) is 3.83. The SMILES string of the molecule is O=C([O-])c1ccc2c(c1)C(SCCN1CCC(Cc3ccccc3)CC1)c1ccccc1CO2.[Na+]. The number of benzene rings is 3. The number of carbonyl (C=O) groups excluding carboxylic acids is 1. The summed E-state index contributed by atoms with van der Waals surface area (Å²) in [7, 11) is 0. The van der Waals surface area contributed by atoms with Gasteiger partial charge < -0.3 is 19.5 Å². The molecule has 0 aromatic heterocycles. The van der Waals surface area contributed by atoms with Crippen molar-refractivity contribution >= 4 is 17.7 Å². The number of fused-ring (bicyclic) bond motifs is 2. The van der Waals surface area contributed by atoms with Crippen molar-refractivity contribution < 1.29 is 44.2 Å². The Morgan fingerprint density at radius 2 is 1.71 bits per heavy atom. The van der Waals surface area contributed by atoms with Crippen LogP contribution in [0.5, 0.6) is 5.75 Å². The van der Waals surface area contributed by atoms with Gasteiger partial charge in [0.2, 0.25) is 0 Å². The Labute approximate surface area is 234 Å². The maximum absolute atomic E-state index is 11.5. The van der Waals surface area contributed by atoms with Gasteiger partial charge in [0.1, 0.15) is 12.4 Å². The van der Waals surface area contributed by atoms with Crippen LogP contribution >= 0.6 is 11.8 Å². The number of carbonyl (C=O) groups is 1. The maximum Gasteiger partial charge on any atom is 1.00 e. The second kappa shape index (κ2) is 12.5. The van der Waals surface area contributed by atoms with Gasteiger partial charge in [0.25, 0.3) is 0 Å². The third-order valence-electron chi connectivity index (χ3n) is 7.02. The number of thioether (sulfide) groups is 1. The molecule has 1 unspecified atom stereocenters. The fourth-order valence-corrected chi connectivity index (χ4v) is 6.47. The van der Waals surface area contributed by atoms with E-state index in [9.17, 15) is 9.90 Å². The topological polar surface area (TPSA) is 52.6 Å². The van der Waals surface area contributed by atoms with E-state index < -0.39 is 5.97 Å². The number of hydrogen-bond donors (Lipinski definition) is 0. The minimum Gasteiger partial charge on any atom is -0.545 e. The first-order valence-corrected chi connectivity index (χ1v) is 13.2. The molecule has 5 rings (SSSR count). The number of piperidine rings is 1. The minimum atomic E-state index is -1.15. The number of nitrogens with zero attached hydrogens (tertiary/aromatic N) is 1. The summed E-state index contributed by atoms with van der Waals surface area (Å²) in [5.41, 5.74) is 4.95. The van der Waals surface area contributed by atoms with Crippen LogP contribution in [0.3, 0.4) is 0 Å². The maximum atomic E-state index is 11.5. The summed E-state index contributed by atoms with van der Waals surface area (Å²) < 4.78 is 6.06. The first-order chi connectivity index (χ1) is 16.7. The fourth-order valence-electron chi connectivity index (χ4n) is 5.10. The molecule has 1 atom stereocenters. The largest absolute Gasteiger partial charge is 1.00 e. The predicted octanol–water partition coefficient (Wildman–Crippen LogP) is 1.72. The van der Waals surface area contributed by atoms with E-state index in [-0.39, 0.29) is 40.4 Å². The van der Waals surface area contributed by atoms with Crippen molar-refractivity contribution in [2.24, 2.45) is 5.92 Å². The van der Waals surface area contributed by atoms with E-state index in [1.807, 2.05) is 17.8 Å². The molecule has 0 bridgehead atoms. The first-order valence-electron chi connectivity index (χ1n) is 12.1. The van der Waals surface area contributed by atoms with Crippen LogP contribution in [0.2, 0.25) is 0 Å². The van der Waals surface area contributed by atoms with Gasteiger partial charge in [-0.15, -0.1) is 11.8 Å². The molecule has 2 aliphatic rings. The van der Waals surface area contributed by atoms with Crippen molar-refractivity contribution in [2.75, 3.05) is 25.4 Å². The van der Waals surface area contributed by atoms with Gasteiger partial charge in [-0.05, 0) is 78.7 Å². The summed E-state index contributed by atoms with van der Waals surface area (Å²) >= 11 is 1.88. The number of rotatable bonds is 7. The summed E-state index contributed by atoms with van der Waals surface area (Å²) in [6.07, 6.45) is 3.68. The standard InChI is InChI=1S/C29H31NO3S.Na/c31-29(32)23-10-11-27-26(19-23)28(25-9-5-4-8-24(25)20-33-27)34-17-16-30-14-12-22(13-15-30)18-21-6-2-1-3-7-21;/h1-11,19,22,28H,12-18,20H2,(H,31,32);/q;+1/p-1. The van der Waals surface area contributed by atoms with Crippen molar-refractivity contribution in [1.29, 1.82) is 0 Å². The minimum absolute atomic E-state index is 0. The van der Waals surface area contributed by atoms with E-state index in [1.165, 1.54) is 30.4 Å². The molecule has 0 amide bonds. The Balaban J connectivity index is 0.00000289. The molecule has 6 heteroatoms. The van der Waals surface area contributed by atoms with Gasteiger partial charge in [0.05, 0.1) is 11.2 Å². The van der Waals surface area contributed by atoms with E-state index >= 15 is 0 Å². The predicted molar refractivity (Wildman–Crippen MR) is 135 cm³/mol. The fraction of sp³-hybridized carbons (Fsp3) is 0.345. The molecule has 3 aromatic rings. The number of likely N-dealkylation sites (tertiary alicyclic amines) is 1.